The summed E-state index contributed by atoms with van der Waals surface area (Å²) in [7, 11) is 0. The lowest BCUT2D eigenvalue weighted by molar-refractivity contribution is -0.139. The molecule has 0 aromatic carbocycles. The van der Waals surface area contributed by atoms with Crippen LogP contribution in [0, 0.1) is 13.8 Å². The maximum Gasteiger partial charge on any atom is 0.341 e. The van der Waals surface area contributed by atoms with Crippen LogP contribution in [0.15, 0.2) is 6.07 Å². The number of carboxylic acid groups (broad SMARTS) is 1. The molecule has 0 aliphatic heterocycles. The van der Waals surface area contributed by atoms with Crippen LogP contribution in [0.2, 0.25) is 0 Å². The van der Waals surface area contributed by atoms with Gasteiger partial charge < -0.3 is 9.84 Å². The van der Waals surface area contributed by atoms with E-state index in [1.54, 1.807) is 19.9 Å². The van der Waals surface area contributed by atoms with E-state index in [9.17, 15) is 4.79 Å². The number of hydrogen-bond donors (Lipinski definition) is 1. The molecule has 13 heavy (non-hydrogen) atoms. The molecule has 0 atom stereocenters. The van der Waals surface area contributed by atoms with Gasteiger partial charge in [0.1, 0.15) is 0 Å². The van der Waals surface area contributed by atoms with Gasteiger partial charge in [0.15, 0.2) is 6.61 Å². The summed E-state index contributed by atoms with van der Waals surface area (Å²) in [6.45, 7) is 3.17. The normalized spacial score (nSPS) is 9.69. The van der Waals surface area contributed by atoms with Gasteiger partial charge in [-0.1, -0.05) is 0 Å². The van der Waals surface area contributed by atoms with Crippen molar-refractivity contribution in [2.45, 2.75) is 13.8 Å². The van der Waals surface area contributed by atoms with E-state index in [0.717, 1.165) is 11.4 Å². The van der Waals surface area contributed by atoms with E-state index in [1.807, 2.05) is 0 Å². The highest BCUT2D eigenvalue weighted by molar-refractivity contribution is 5.68. The summed E-state index contributed by atoms with van der Waals surface area (Å²) in [6.07, 6.45) is 0. The number of carboxylic acids is 1. The number of aromatic nitrogens is 2. The first-order chi connectivity index (χ1) is 6.08. The molecule has 0 aliphatic rings. The Morgan fingerprint density at radius 2 is 2.00 bits per heavy atom. The lowest BCUT2D eigenvalue weighted by Crippen LogP contribution is -2.11. The third kappa shape index (κ3) is 3.06. The van der Waals surface area contributed by atoms with Crippen LogP contribution in [0.1, 0.15) is 11.4 Å². The van der Waals surface area contributed by atoms with E-state index >= 15 is 0 Å². The van der Waals surface area contributed by atoms with Gasteiger partial charge in [-0.15, -0.1) is 0 Å². The zero-order chi connectivity index (χ0) is 9.84. The van der Waals surface area contributed by atoms with Gasteiger partial charge in [-0.05, 0) is 19.9 Å². The molecular weight excluding hydrogens is 172 g/mol. The number of ether oxygens (including phenoxy) is 1. The van der Waals surface area contributed by atoms with Gasteiger partial charge in [0, 0.05) is 11.4 Å². The molecule has 70 valence electrons. The third-order valence-corrected chi connectivity index (χ3v) is 1.29. The summed E-state index contributed by atoms with van der Waals surface area (Å²) in [5.41, 5.74) is 1.51. The molecule has 0 aliphatic carbocycles. The van der Waals surface area contributed by atoms with Gasteiger partial charge >= 0.3 is 12.0 Å². The van der Waals surface area contributed by atoms with Crippen molar-refractivity contribution in [1.29, 1.82) is 0 Å². The summed E-state index contributed by atoms with van der Waals surface area (Å²) in [6, 6.07) is 1.90. The lowest BCUT2D eigenvalue weighted by atomic mass is 10.4. The van der Waals surface area contributed by atoms with Crippen molar-refractivity contribution < 1.29 is 14.6 Å². The molecule has 5 heteroatoms. The van der Waals surface area contributed by atoms with Crippen LogP contribution >= 0.6 is 0 Å². The molecule has 0 fully saturated rings. The average molecular weight is 182 g/mol. The fourth-order valence-corrected chi connectivity index (χ4v) is 0.884. The van der Waals surface area contributed by atoms with Crippen molar-refractivity contribution in [1.82, 2.24) is 9.97 Å². The fraction of sp³-hybridized carbons (Fsp3) is 0.375. The highest BCUT2D eigenvalue weighted by Crippen LogP contribution is 2.05. The number of nitrogens with zero attached hydrogens (tertiary/aromatic N) is 2. The number of carbonyl (C=O) groups is 1. The minimum atomic E-state index is -1.04. The molecule has 5 nitrogen and oxygen atoms in total. The van der Waals surface area contributed by atoms with Gasteiger partial charge in [0.2, 0.25) is 0 Å². The van der Waals surface area contributed by atoms with Crippen LogP contribution in [0.4, 0.5) is 0 Å². The van der Waals surface area contributed by atoms with Crippen molar-refractivity contribution in [2.75, 3.05) is 6.61 Å². The Hall–Kier alpha value is -1.65. The van der Waals surface area contributed by atoms with Crippen molar-refractivity contribution in [2.24, 2.45) is 0 Å². The highest BCUT2D eigenvalue weighted by Gasteiger charge is 2.02. The maximum atomic E-state index is 10.2. The molecule has 0 saturated heterocycles. The smallest absolute Gasteiger partial charge is 0.341 e. The second kappa shape index (κ2) is 3.84. The van der Waals surface area contributed by atoms with Crippen molar-refractivity contribution in [3.8, 4) is 6.01 Å². The summed E-state index contributed by atoms with van der Waals surface area (Å²) >= 11 is 0. The maximum absolute atomic E-state index is 10.2. The lowest BCUT2D eigenvalue weighted by Gasteiger charge is -2.02. The first-order valence-corrected chi connectivity index (χ1v) is 3.75. The second-order valence-corrected chi connectivity index (χ2v) is 2.62. The Balaban J connectivity index is 2.71. The van der Waals surface area contributed by atoms with Crippen LogP contribution in [0.5, 0.6) is 6.01 Å². The minimum absolute atomic E-state index is 0.111. The second-order valence-electron chi connectivity index (χ2n) is 2.62. The Bertz CT molecular complexity index is 305. The molecule has 0 unspecified atom stereocenters. The van der Waals surface area contributed by atoms with Gasteiger partial charge in [-0.2, -0.15) is 0 Å². The minimum Gasteiger partial charge on any atom is -0.479 e. The number of aliphatic carboxylic acids is 1. The summed E-state index contributed by atoms with van der Waals surface area (Å²) in [5.74, 6) is -1.04. The van der Waals surface area contributed by atoms with Crippen molar-refractivity contribution in [3.63, 3.8) is 0 Å². The molecule has 0 radical (unpaired) electrons. The Morgan fingerprint density at radius 3 is 2.46 bits per heavy atom. The first-order valence-electron chi connectivity index (χ1n) is 3.75. The van der Waals surface area contributed by atoms with Crippen LogP contribution in [-0.4, -0.2) is 27.7 Å². The third-order valence-electron chi connectivity index (χ3n) is 1.29. The predicted molar refractivity (Wildman–Crippen MR) is 44.6 cm³/mol. The zero-order valence-electron chi connectivity index (χ0n) is 7.44. The van der Waals surface area contributed by atoms with Gasteiger partial charge in [-0.3, -0.25) is 0 Å². The van der Waals surface area contributed by atoms with E-state index in [4.69, 9.17) is 9.84 Å². The van der Waals surface area contributed by atoms with Crippen LogP contribution in [-0.2, 0) is 4.79 Å². The molecule has 1 N–H and O–H groups in total. The number of aryl methyl sites for hydroxylation is 2. The van der Waals surface area contributed by atoms with Gasteiger partial charge in [0.25, 0.3) is 0 Å². The first kappa shape index (κ1) is 9.44. The SMILES string of the molecule is Cc1cc(C)nc(OCC(=O)O)n1. The molecule has 1 aromatic rings. The molecule has 0 bridgehead atoms. The Kier molecular flexibility index (Phi) is 2.79. The highest BCUT2D eigenvalue weighted by atomic mass is 16.5. The fourth-order valence-electron chi connectivity index (χ4n) is 0.884. The van der Waals surface area contributed by atoms with E-state index in [1.165, 1.54) is 0 Å². The predicted octanol–water partition coefficient (Wildman–Crippen LogP) is 0.557. The van der Waals surface area contributed by atoms with E-state index in [2.05, 4.69) is 9.97 Å². The van der Waals surface area contributed by atoms with Gasteiger partial charge in [-0.25, -0.2) is 14.8 Å². The number of hydrogen-bond acceptors (Lipinski definition) is 4. The van der Waals surface area contributed by atoms with Crippen LogP contribution < -0.4 is 4.74 Å². The summed E-state index contributed by atoms with van der Waals surface area (Å²) < 4.78 is 4.81. The average Bonchev–Trinajstić information content (AvgIpc) is 1.99. The Morgan fingerprint density at radius 1 is 1.46 bits per heavy atom. The van der Waals surface area contributed by atoms with E-state index in [0.29, 0.717) is 0 Å². The monoisotopic (exact) mass is 182 g/mol. The summed E-state index contributed by atoms with van der Waals surface area (Å²) in [4.78, 5) is 18.0. The largest absolute Gasteiger partial charge is 0.479 e. The van der Waals surface area contributed by atoms with Crippen LogP contribution in [0.3, 0.4) is 0 Å². The van der Waals surface area contributed by atoms with Crippen LogP contribution in [0.25, 0.3) is 0 Å². The molecule has 0 saturated carbocycles. The topological polar surface area (TPSA) is 72.3 Å². The summed E-state index contributed by atoms with van der Waals surface area (Å²) in [5, 5.41) is 8.33. The number of rotatable bonds is 3. The molecule has 1 heterocycles. The standard InChI is InChI=1S/C8H10N2O3/c1-5-3-6(2)10-8(9-5)13-4-7(11)12/h3H,4H2,1-2H3,(H,11,12). The Labute approximate surface area is 75.4 Å². The molecule has 0 spiro atoms. The van der Waals surface area contributed by atoms with Crippen molar-refractivity contribution in [3.05, 3.63) is 17.5 Å². The molecule has 1 aromatic heterocycles. The van der Waals surface area contributed by atoms with Crippen molar-refractivity contribution >= 4 is 5.97 Å². The van der Waals surface area contributed by atoms with E-state index in [-0.39, 0.29) is 6.01 Å². The quantitative estimate of drug-likeness (QED) is 0.739. The zero-order valence-corrected chi connectivity index (χ0v) is 7.44. The molecule has 0 amide bonds. The van der Waals surface area contributed by atoms with Gasteiger partial charge in [0.05, 0.1) is 0 Å². The van der Waals surface area contributed by atoms with E-state index < -0.39 is 12.6 Å². The molecule has 1 rings (SSSR count). The molecular formula is C8H10N2O3.